The Morgan fingerprint density at radius 1 is 1.45 bits per heavy atom. The molecule has 0 radical (unpaired) electrons. The van der Waals surface area contributed by atoms with Crippen molar-refractivity contribution in [2.75, 3.05) is 18.0 Å². The molecule has 20 heavy (non-hydrogen) atoms. The summed E-state index contributed by atoms with van der Waals surface area (Å²) in [6.07, 6.45) is 0. The lowest BCUT2D eigenvalue weighted by molar-refractivity contribution is -0.129. The van der Waals surface area contributed by atoms with Crippen LogP contribution >= 0.6 is 0 Å². The molecule has 1 aliphatic rings. The van der Waals surface area contributed by atoms with Gasteiger partial charge in [0.25, 0.3) is 0 Å². The molecule has 5 heteroatoms. The van der Waals surface area contributed by atoms with Gasteiger partial charge < -0.3 is 10.2 Å². The van der Waals surface area contributed by atoms with Crippen LogP contribution in [0.2, 0.25) is 0 Å². The Balaban J connectivity index is 1.99. The van der Waals surface area contributed by atoms with Gasteiger partial charge in [0, 0.05) is 24.2 Å². The Labute approximate surface area is 119 Å². The van der Waals surface area contributed by atoms with Crippen molar-refractivity contribution in [2.24, 2.45) is 5.41 Å². The van der Waals surface area contributed by atoms with E-state index >= 15 is 0 Å². The number of aromatic nitrogens is 1. The van der Waals surface area contributed by atoms with Crippen molar-refractivity contribution in [3.8, 4) is 6.07 Å². The predicted octanol–water partition coefficient (Wildman–Crippen LogP) is 1.61. The van der Waals surface area contributed by atoms with E-state index in [0.717, 1.165) is 5.69 Å². The summed E-state index contributed by atoms with van der Waals surface area (Å²) in [6, 6.07) is 5.92. The number of hydrogen-bond acceptors (Lipinski definition) is 4. The Bertz CT molecular complexity index is 562. The highest BCUT2D eigenvalue weighted by Gasteiger charge is 2.33. The second kappa shape index (κ2) is 5.12. The number of hydrogen-bond donors (Lipinski definition) is 1. The fourth-order valence-electron chi connectivity index (χ4n) is 2.02. The maximum Gasteiger partial charge on any atom is 0.225 e. The number of aryl methyl sites for hydroxylation is 1. The van der Waals surface area contributed by atoms with Crippen LogP contribution in [0.25, 0.3) is 0 Å². The molecule has 0 aromatic carbocycles. The number of nitrogens with one attached hydrogen (secondary N) is 1. The molecule has 106 valence electrons. The molecule has 2 rings (SSSR count). The Morgan fingerprint density at radius 2 is 2.10 bits per heavy atom. The molecule has 1 N–H and O–H groups in total. The van der Waals surface area contributed by atoms with Crippen LogP contribution in [-0.2, 0) is 4.79 Å². The van der Waals surface area contributed by atoms with Crippen LogP contribution in [0.4, 0.5) is 5.82 Å². The number of carbonyl (C=O) groups is 1. The highest BCUT2D eigenvalue weighted by Crippen LogP contribution is 2.24. The van der Waals surface area contributed by atoms with Gasteiger partial charge >= 0.3 is 0 Å². The molecule has 0 saturated carbocycles. The van der Waals surface area contributed by atoms with Gasteiger partial charge in [-0.3, -0.25) is 4.79 Å². The number of pyridine rings is 1. The lowest BCUT2D eigenvalue weighted by Gasteiger charge is -2.41. The van der Waals surface area contributed by atoms with Gasteiger partial charge in [-0.1, -0.05) is 20.8 Å². The number of nitrogens with zero attached hydrogens (tertiary/aromatic N) is 3. The average Bonchev–Trinajstić information content (AvgIpc) is 2.31. The van der Waals surface area contributed by atoms with E-state index in [0.29, 0.717) is 24.5 Å². The molecular formula is C15H20N4O. The molecule has 1 saturated heterocycles. The normalized spacial score (nSPS) is 15.4. The van der Waals surface area contributed by atoms with Crippen LogP contribution in [0.5, 0.6) is 0 Å². The van der Waals surface area contributed by atoms with Gasteiger partial charge in [-0.15, -0.1) is 0 Å². The van der Waals surface area contributed by atoms with Crippen molar-refractivity contribution in [1.29, 1.82) is 5.26 Å². The van der Waals surface area contributed by atoms with Crippen LogP contribution in [0.3, 0.4) is 0 Å². The zero-order valence-corrected chi connectivity index (χ0v) is 12.4. The lowest BCUT2D eigenvalue weighted by Crippen LogP contribution is -2.61. The van der Waals surface area contributed by atoms with Gasteiger partial charge in [-0.05, 0) is 19.1 Å². The van der Waals surface area contributed by atoms with Crippen molar-refractivity contribution in [1.82, 2.24) is 10.3 Å². The summed E-state index contributed by atoms with van der Waals surface area (Å²) in [5.74, 6) is 0.772. The molecule has 1 aromatic rings. The van der Waals surface area contributed by atoms with E-state index in [1.54, 1.807) is 6.07 Å². The third-order valence-electron chi connectivity index (χ3n) is 3.33. The van der Waals surface area contributed by atoms with E-state index in [-0.39, 0.29) is 17.4 Å². The second-order valence-electron chi connectivity index (χ2n) is 6.26. The fraction of sp³-hybridized carbons (Fsp3) is 0.533. The minimum Gasteiger partial charge on any atom is -0.351 e. The van der Waals surface area contributed by atoms with E-state index in [9.17, 15) is 4.79 Å². The summed E-state index contributed by atoms with van der Waals surface area (Å²) in [5.41, 5.74) is 1.09. The summed E-state index contributed by atoms with van der Waals surface area (Å²) in [6.45, 7) is 9.00. The first-order valence-electron chi connectivity index (χ1n) is 6.75. The Kier molecular flexibility index (Phi) is 3.67. The molecule has 0 unspecified atom stereocenters. The first kappa shape index (κ1) is 14.3. The molecule has 5 nitrogen and oxygen atoms in total. The molecule has 0 spiro atoms. The van der Waals surface area contributed by atoms with Gasteiger partial charge in [0.05, 0.1) is 11.6 Å². The van der Waals surface area contributed by atoms with E-state index in [1.165, 1.54) is 0 Å². The van der Waals surface area contributed by atoms with Crippen LogP contribution in [0.15, 0.2) is 12.1 Å². The molecule has 0 aliphatic carbocycles. The standard InChI is InChI=1S/C15H20N4O/c1-10-5-6-11(7-16)13(17-10)19-8-12(9-19)18-14(20)15(2,3)4/h5-6,12H,8-9H2,1-4H3,(H,18,20). The predicted molar refractivity (Wildman–Crippen MR) is 77.3 cm³/mol. The van der Waals surface area contributed by atoms with Gasteiger partial charge in [0.15, 0.2) is 0 Å². The maximum atomic E-state index is 11.9. The third kappa shape index (κ3) is 2.90. The fourth-order valence-corrected chi connectivity index (χ4v) is 2.02. The lowest BCUT2D eigenvalue weighted by atomic mass is 9.94. The van der Waals surface area contributed by atoms with Crippen molar-refractivity contribution < 1.29 is 4.79 Å². The molecule has 2 heterocycles. The molecule has 1 aliphatic heterocycles. The number of carbonyl (C=O) groups excluding carboxylic acids is 1. The van der Waals surface area contributed by atoms with Crippen LogP contribution in [0.1, 0.15) is 32.0 Å². The molecule has 1 amide bonds. The minimum atomic E-state index is -0.375. The number of anilines is 1. The summed E-state index contributed by atoms with van der Waals surface area (Å²) >= 11 is 0. The second-order valence-corrected chi connectivity index (χ2v) is 6.26. The maximum absolute atomic E-state index is 11.9. The number of nitriles is 1. The topological polar surface area (TPSA) is 69.0 Å². The molecule has 0 bridgehead atoms. The van der Waals surface area contributed by atoms with Crippen molar-refractivity contribution in [3.63, 3.8) is 0 Å². The zero-order valence-electron chi connectivity index (χ0n) is 12.4. The average molecular weight is 272 g/mol. The monoisotopic (exact) mass is 272 g/mol. The van der Waals surface area contributed by atoms with Gasteiger partial charge in [-0.2, -0.15) is 5.26 Å². The van der Waals surface area contributed by atoms with E-state index in [1.807, 2.05) is 38.7 Å². The van der Waals surface area contributed by atoms with E-state index in [4.69, 9.17) is 5.26 Å². The minimum absolute atomic E-state index is 0.0554. The quantitative estimate of drug-likeness (QED) is 0.888. The van der Waals surface area contributed by atoms with Crippen molar-refractivity contribution in [3.05, 3.63) is 23.4 Å². The Morgan fingerprint density at radius 3 is 2.65 bits per heavy atom. The summed E-state index contributed by atoms with van der Waals surface area (Å²) in [5, 5.41) is 12.1. The molecule has 1 aromatic heterocycles. The first-order chi connectivity index (χ1) is 9.31. The van der Waals surface area contributed by atoms with Crippen molar-refractivity contribution in [2.45, 2.75) is 33.7 Å². The van der Waals surface area contributed by atoms with Gasteiger partial charge in [-0.25, -0.2) is 4.98 Å². The van der Waals surface area contributed by atoms with Crippen LogP contribution in [-0.4, -0.2) is 30.0 Å². The van der Waals surface area contributed by atoms with E-state index in [2.05, 4.69) is 16.4 Å². The zero-order chi connectivity index (χ0) is 14.9. The third-order valence-corrected chi connectivity index (χ3v) is 3.33. The smallest absolute Gasteiger partial charge is 0.225 e. The summed E-state index contributed by atoms with van der Waals surface area (Å²) < 4.78 is 0. The van der Waals surface area contributed by atoms with E-state index < -0.39 is 0 Å². The SMILES string of the molecule is Cc1ccc(C#N)c(N2CC(NC(=O)C(C)(C)C)C2)n1. The van der Waals surface area contributed by atoms with Crippen LogP contribution < -0.4 is 10.2 Å². The number of amides is 1. The molecule has 0 atom stereocenters. The highest BCUT2D eigenvalue weighted by atomic mass is 16.2. The largest absolute Gasteiger partial charge is 0.351 e. The molecular weight excluding hydrogens is 252 g/mol. The molecule has 1 fully saturated rings. The summed E-state index contributed by atoms with van der Waals surface area (Å²) in [7, 11) is 0. The van der Waals surface area contributed by atoms with Crippen LogP contribution in [0, 0.1) is 23.7 Å². The first-order valence-corrected chi connectivity index (χ1v) is 6.75. The number of rotatable bonds is 2. The summed E-state index contributed by atoms with van der Waals surface area (Å²) in [4.78, 5) is 18.3. The van der Waals surface area contributed by atoms with Crippen molar-refractivity contribution >= 4 is 11.7 Å². The van der Waals surface area contributed by atoms with Gasteiger partial charge in [0.1, 0.15) is 11.9 Å². The highest BCUT2D eigenvalue weighted by molar-refractivity contribution is 5.82. The van der Waals surface area contributed by atoms with Gasteiger partial charge in [0.2, 0.25) is 5.91 Å². The Hall–Kier alpha value is -2.09.